The summed E-state index contributed by atoms with van der Waals surface area (Å²) in [6.45, 7) is 8.88. The van der Waals surface area contributed by atoms with E-state index in [4.69, 9.17) is 0 Å². The Kier molecular flexibility index (Phi) is 4.99. The molecule has 1 aromatic heterocycles. The number of rotatable bonds is 5. The second-order valence-corrected chi connectivity index (χ2v) is 5.00. The normalized spacial score (nSPS) is 16.5. The number of carbonyl (C=O) groups excluding carboxylic acids is 1. The van der Waals surface area contributed by atoms with Crippen molar-refractivity contribution in [3.05, 3.63) is 24.0 Å². The summed E-state index contributed by atoms with van der Waals surface area (Å²) in [4.78, 5) is 16.6. The Morgan fingerprint density at radius 1 is 1.42 bits per heavy atom. The molecule has 1 aliphatic heterocycles. The minimum Gasteiger partial charge on any atom is -0.344 e. The zero-order valence-electron chi connectivity index (χ0n) is 11.9. The molecular weight excluding hydrogens is 240 g/mol. The van der Waals surface area contributed by atoms with E-state index in [0.717, 1.165) is 51.5 Å². The maximum Gasteiger partial charge on any atom is 0.270 e. The molecule has 5 nitrogen and oxygen atoms in total. The van der Waals surface area contributed by atoms with Crippen LogP contribution in [0.1, 0.15) is 17.4 Å². The first-order chi connectivity index (χ1) is 9.22. The van der Waals surface area contributed by atoms with E-state index < -0.39 is 0 Å². The van der Waals surface area contributed by atoms with Crippen LogP contribution in [0.3, 0.4) is 0 Å². The number of piperazine rings is 1. The Balaban J connectivity index is 1.85. The molecule has 0 radical (unpaired) electrons. The van der Waals surface area contributed by atoms with Crippen LogP contribution in [0.2, 0.25) is 0 Å². The van der Waals surface area contributed by atoms with Crippen LogP contribution in [0.4, 0.5) is 0 Å². The van der Waals surface area contributed by atoms with Crippen molar-refractivity contribution in [3.63, 3.8) is 0 Å². The molecule has 1 saturated heterocycles. The monoisotopic (exact) mass is 264 g/mol. The maximum atomic E-state index is 12.3. The average Bonchev–Trinajstić information content (AvgIpc) is 2.93. The van der Waals surface area contributed by atoms with Crippen LogP contribution in [0.15, 0.2) is 18.3 Å². The fourth-order valence-electron chi connectivity index (χ4n) is 2.41. The van der Waals surface area contributed by atoms with Crippen molar-refractivity contribution in [1.82, 2.24) is 19.7 Å². The highest BCUT2D eigenvalue weighted by atomic mass is 16.2. The topological polar surface area (TPSA) is 40.5 Å². The van der Waals surface area contributed by atoms with Gasteiger partial charge in [0.05, 0.1) is 0 Å². The summed E-state index contributed by atoms with van der Waals surface area (Å²) in [5.41, 5.74) is 0.783. The van der Waals surface area contributed by atoms with E-state index in [-0.39, 0.29) is 5.91 Å². The summed E-state index contributed by atoms with van der Waals surface area (Å²) in [7, 11) is 1.89. The summed E-state index contributed by atoms with van der Waals surface area (Å²) < 4.78 is 1.99. The third kappa shape index (κ3) is 3.58. The van der Waals surface area contributed by atoms with E-state index in [1.165, 1.54) is 0 Å². The van der Waals surface area contributed by atoms with Crippen molar-refractivity contribution < 1.29 is 4.79 Å². The Morgan fingerprint density at radius 3 is 2.84 bits per heavy atom. The maximum absolute atomic E-state index is 12.3. The van der Waals surface area contributed by atoms with Crippen molar-refractivity contribution in [2.45, 2.75) is 13.5 Å². The molecule has 0 saturated carbocycles. The molecule has 0 spiro atoms. The zero-order valence-corrected chi connectivity index (χ0v) is 11.9. The first-order valence-corrected chi connectivity index (χ1v) is 7.06. The lowest BCUT2D eigenvalue weighted by Crippen LogP contribution is -2.46. The predicted molar refractivity (Wildman–Crippen MR) is 76.4 cm³/mol. The van der Waals surface area contributed by atoms with Gasteiger partial charge in [0.1, 0.15) is 5.69 Å². The number of nitrogens with zero attached hydrogens (tertiary/aromatic N) is 3. The van der Waals surface area contributed by atoms with Gasteiger partial charge in [0.25, 0.3) is 5.91 Å². The van der Waals surface area contributed by atoms with Crippen LogP contribution in [0.25, 0.3) is 0 Å². The fraction of sp³-hybridized carbons (Fsp3) is 0.643. The van der Waals surface area contributed by atoms with Crippen LogP contribution < -0.4 is 5.32 Å². The molecule has 1 fully saturated rings. The molecule has 0 atom stereocenters. The quantitative estimate of drug-likeness (QED) is 0.841. The van der Waals surface area contributed by atoms with Gasteiger partial charge in [-0.3, -0.25) is 9.69 Å². The highest BCUT2D eigenvalue weighted by Crippen LogP contribution is 2.06. The number of hydrogen-bond acceptors (Lipinski definition) is 3. The molecule has 0 aromatic carbocycles. The van der Waals surface area contributed by atoms with E-state index in [1.54, 1.807) is 0 Å². The summed E-state index contributed by atoms with van der Waals surface area (Å²) in [6.07, 6.45) is 1.96. The van der Waals surface area contributed by atoms with Crippen LogP contribution >= 0.6 is 0 Å². The van der Waals surface area contributed by atoms with Gasteiger partial charge in [-0.1, -0.05) is 0 Å². The summed E-state index contributed by atoms with van der Waals surface area (Å²) in [6, 6.07) is 3.83. The molecule has 0 unspecified atom stereocenters. The first kappa shape index (κ1) is 14.1. The van der Waals surface area contributed by atoms with Gasteiger partial charge in [0.15, 0.2) is 0 Å². The summed E-state index contributed by atoms with van der Waals surface area (Å²) in [5, 5.41) is 3.34. The van der Waals surface area contributed by atoms with Crippen molar-refractivity contribution >= 4 is 5.91 Å². The number of nitrogens with one attached hydrogen (secondary N) is 1. The molecule has 1 amide bonds. The minimum atomic E-state index is 0.113. The van der Waals surface area contributed by atoms with E-state index in [0.29, 0.717) is 0 Å². The SMILES string of the molecule is CCn1cccc1C(=O)N(C)CCN1CCNCC1. The number of aryl methyl sites for hydroxylation is 1. The van der Waals surface area contributed by atoms with Gasteiger partial charge in [-0.15, -0.1) is 0 Å². The fourth-order valence-corrected chi connectivity index (χ4v) is 2.41. The molecule has 0 aliphatic carbocycles. The van der Waals surface area contributed by atoms with Crippen LogP contribution in [-0.2, 0) is 6.54 Å². The van der Waals surface area contributed by atoms with Crippen LogP contribution in [-0.4, -0.2) is 66.6 Å². The number of likely N-dealkylation sites (N-methyl/N-ethyl adjacent to an activating group) is 1. The average molecular weight is 264 g/mol. The lowest BCUT2D eigenvalue weighted by atomic mass is 10.3. The molecule has 106 valence electrons. The Labute approximate surface area is 115 Å². The van der Waals surface area contributed by atoms with E-state index >= 15 is 0 Å². The third-order valence-electron chi connectivity index (χ3n) is 3.70. The van der Waals surface area contributed by atoms with Gasteiger partial charge in [0.2, 0.25) is 0 Å². The molecule has 2 rings (SSSR count). The van der Waals surface area contributed by atoms with Crippen LogP contribution in [0, 0.1) is 0 Å². The minimum absolute atomic E-state index is 0.113. The number of amides is 1. The molecule has 2 heterocycles. The van der Waals surface area contributed by atoms with Crippen LogP contribution in [0.5, 0.6) is 0 Å². The Bertz CT molecular complexity index is 409. The van der Waals surface area contributed by atoms with Gasteiger partial charge in [0, 0.05) is 59.1 Å². The largest absolute Gasteiger partial charge is 0.344 e. The molecule has 1 aliphatic rings. The van der Waals surface area contributed by atoms with Crippen molar-refractivity contribution in [3.8, 4) is 0 Å². The molecule has 1 N–H and O–H groups in total. The van der Waals surface area contributed by atoms with Gasteiger partial charge in [-0.25, -0.2) is 0 Å². The molecule has 0 bridgehead atoms. The molecule has 1 aromatic rings. The second-order valence-electron chi connectivity index (χ2n) is 5.00. The van der Waals surface area contributed by atoms with Crippen molar-refractivity contribution in [1.29, 1.82) is 0 Å². The molecule has 19 heavy (non-hydrogen) atoms. The highest BCUT2D eigenvalue weighted by Gasteiger charge is 2.16. The predicted octanol–water partition coefficient (Wildman–Crippen LogP) is 0.485. The second kappa shape index (κ2) is 6.73. The summed E-state index contributed by atoms with van der Waals surface area (Å²) >= 11 is 0. The molecule has 5 heteroatoms. The van der Waals surface area contributed by atoms with E-state index in [2.05, 4.69) is 17.1 Å². The smallest absolute Gasteiger partial charge is 0.270 e. The highest BCUT2D eigenvalue weighted by molar-refractivity contribution is 5.92. The lowest BCUT2D eigenvalue weighted by Gasteiger charge is -2.29. The van der Waals surface area contributed by atoms with E-state index in [9.17, 15) is 4.79 Å². The van der Waals surface area contributed by atoms with Crippen molar-refractivity contribution in [2.75, 3.05) is 46.3 Å². The standard InChI is InChI=1S/C14H24N4O/c1-3-18-8-4-5-13(18)14(19)16(2)11-12-17-9-6-15-7-10-17/h4-5,8,15H,3,6-7,9-12H2,1-2H3. The van der Waals surface area contributed by atoms with Gasteiger partial charge in [-0.2, -0.15) is 0 Å². The van der Waals surface area contributed by atoms with Crippen molar-refractivity contribution in [2.24, 2.45) is 0 Å². The van der Waals surface area contributed by atoms with Gasteiger partial charge >= 0.3 is 0 Å². The van der Waals surface area contributed by atoms with E-state index in [1.807, 2.05) is 34.8 Å². The number of aromatic nitrogens is 1. The Morgan fingerprint density at radius 2 is 2.16 bits per heavy atom. The number of carbonyl (C=O) groups is 1. The zero-order chi connectivity index (χ0) is 13.7. The first-order valence-electron chi connectivity index (χ1n) is 7.06. The number of hydrogen-bond donors (Lipinski definition) is 1. The third-order valence-corrected chi connectivity index (χ3v) is 3.70. The lowest BCUT2D eigenvalue weighted by molar-refractivity contribution is 0.0764. The van der Waals surface area contributed by atoms with Gasteiger partial charge in [-0.05, 0) is 19.1 Å². The summed E-state index contributed by atoms with van der Waals surface area (Å²) in [5.74, 6) is 0.113. The van der Waals surface area contributed by atoms with Gasteiger partial charge < -0.3 is 14.8 Å². The Hall–Kier alpha value is -1.33. The molecular formula is C14H24N4O.